The predicted octanol–water partition coefficient (Wildman–Crippen LogP) is 2.28. The number of aromatic nitrogens is 2. The number of nitrogens with zero attached hydrogens (tertiary/aromatic N) is 3. The van der Waals surface area contributed by atoms with Crippen LogP contribution < -0.4 is 10.2 Å². The molecule has 1 aromatic heterocycles. The van der Waals surface area contributed by atoms with Gasteiger partial charge < -0.3 is 19.7 Å². The fraction of sp³-hybridized carbons (Fsp3) is 0.333. The van der Waals surface area contributed by atoms with Crippen LogP contribution in [0.2, 0.25) is 5.02 Å². The molecular weight excluding hydrogens is 458 g/mol. The van der Waals surface area contributed by atoms with Crippen molar-refractivity contribution in [3.63, 3.8) is 0 Å². The first kappa shape index (κ1) is 22.5. The molecule has 34 heavy (non-hydrogen) atoms. The Kier molecular flexibility index (Phi) is 6.07. The van der Waals surface area contributed by atoms with Crippen LogP contribution in [-0.4, -0.2) is 65.4 Å². The number of aliphatic hydroxyl groups is 1. The number of carbonyl (C=O) groups excluding carboxylic acids is 2. The van der Waals surface area contributed by atoms with E-state index in [0.29, 0.717) is 29.6 Å². The number of fused-ring (bicyclic) bond motifs is 1. The van der Waals surface area contributed by atoms with E-state index in [-0.39, 0.29) is 12.3 Å². The largest absolute Gasteiger partial charge is 0.386 e. The van der Waals surface area contributed by atoms with E-state index in [1.165, 1.54) is 0 Å². The Morgan fingerprint density at radius 1 is 1.26 bits per heavy atom. The minimum absolute atomic E-state index is 0.0242. The van der Waals surface area contributed by atoms with Crippen molar-refractivity contribution in [3.05, 3.63) is 58.4 Å². The number of halogens is 1. The topological polar surface area (TPSA) is 120 Å². The number of morpholine rings is 1. The number of imide groups is 1. The van der Waals surface area contributed by atoms with Crippen molar-refractivity contribution in [2.75, 3.05) is 37.7 Å². The number of rotatable bonds is 5. The summed E-state index contributed by atoms with van der Waals surface area (Å²) in [6.07, 6.45) is -0.968. The Labute approximate surface area is 200 Å². The number of aliphatic imine (C=N–C) groups is 1. The van der Waals surface area contributed by atoms with Crippen LogP contribution in [0, 0.1) is 6.92 Å². The van der Waals surface area contributed by atoms with Crippen molar-refractivity contribution in [2.24, 2.45) is 4.99 Å². The van der Waals surface area contributed by atoms with E-state index in [1.807, 2.05) is 13.0 Å². The van der Waals surface area contributed by atoms with Crippen LogP contribution in [0.3, 0.4) is 0 Å². The second-order valence-corrected chi connectivity index (χ2v) is 8.86. The lowest BCUT2D eigenvalue weighted by Gasteiger charge is -2.29. The van der Waals surface area contributed by atoms with Gasteiger partial charge in [-0.25, -0.2) is 4.98 Å². The number of aliphatic hydroxyl groups excluding tert-OH is 1. The number of anilines is 1. The van der Waals surface area contributed by atoms with Gasteiger partial charge in [0, 0.05) is 23.8 Å². The fourth-order valence-electron chi connectivity index (χ4n) is 4.36. The van der Waals surface area contributed by atoms with Crippen molar-refractivity contribution in [2.45, 2.75) is 18.9 Å². The molecule has 0 spiro atoms. The number of amides is 2. The van der Waals surface area contributed by atoms with Crippen LogP contribution >= 0.6 is 11.6 Å². The van der Waals surface area contributed by atoms with Gasteiger partial charge in [-0.1, -0.05) is 23.7 Å². The molecule has 0 saturated carbocycles. The second kappa shape index (κ2) is 9.17. The summed E-state index contributed by atoms with van der Waals surface area (Å²) in [6.45, 7) is 4.84. The molecule has 176 valence electrons. The summed E-state index contributed by atoms with van der Waals surface area (Å²) in [7, 11) is 0. The van der Waals surface area contributed by atoms with Crippen LogP contribution in [-0.2, 0) is 14.3 Å². The zero-order chi connectivity index (χ0) is 23.8. The molecule has 0 bridgehead atoms. The SMILES string of the molecule is Cc1cc(N2CCOCC2)cc2[nH]c(C3C(=O)NC(=O)C3=NC[C@@H](O)c3cccc(Cl)c3)nc12. The summed E-state index contributed by atoms with van der Waals surface area (Å²) in [5, 5.41) is 13.3. The Bertz CT molecular complexity index is 1300. The number of nitrogens with one attached hydrogen (secondary N) is 2. The molecule has 2 amide bonds. The van der Waals surface area contributed by atoms with Gasteiger partial charge in [0.05, 0.1) is 36.9 Å². The lowest BCUT2D eigenvalue weighted by Crippen LogP contribution is -2.36. The van der Waals surface area contributed by atoms with E-state index >= 15 is 0 Å². The Balaban J connectivity index is 1.45. The summed E-state index contributed by atoms with van der Waals surface area (Å²) in [6, 6.07) is 10.9. The fourth-order valence-corrected chi connectivity index (χ4v) is 4.55. The summed E-state index contributed by atoms with van der Waals surface area (Å²) < 4.78 is 5.44. The maximum Gasteiger partial charge on any atom is 0.273 e. The lowest BCUT2D eigenvalue weighted by molar-refractivity contribution is -0.124. The molecule has 2 aliphatic rings. The van der Waals surface area contributed by atoms with Gasteiger partial charge in [-0.2, -0.15) is 0 Å². The number of ether oxygens (including phenoxy) is 1. The number of carbonyl (C=O) groups is 2. The minimum atomic E-state index is -0.974. The number of H-pyrrole nitrogens is 1. The van der Waals surface area contributed by atoms with Gasteiger partial charge in [-0.05, 0) is 42.3 Å². The summed E-state index contributed by atoms with van der Waals surface area (Å²) in [5.41, 5.74) is 4.12. The molecule has 2 saturated heterocycles. The van der Waals surface area contributed by atoms with E-state index in [0.717, 1.165) is 35.4 Å². The first-order valence-corrected chi connectivity index (χ1v) is 11.4. The van der Waals surface area contributed by atoms with Crippen LogP contribution in [0.4, 0.5) is 5.69 Å². The highest BCUT2D eigenvalue weighted by atomic mass is 35.5. The Morgan fingerprint density at radius 3 is 2.82 bits per heavy atom. The third-order valence-electron chi connectivity index (χ3n) is 6.10. The van der Waals surface area contributed by atoms with Crippen molar-refractivity contribution in [3.8, 4) is 0 Å². The second-order valence-electron chi connectivity index (χ2n) is 8.43. The smallest absolute Gasteiger partial charge is 0.273 e. The molecule has 0 aliphatic carbocycles. The van der Waals surface area contributed by atoms with Gasteiger partial charge in [0.2, 0.25) is 5.91 Å². The zero-order valence-corrected chi connectivity index (χ0v) is 19.3. The molecule has 10 heteroatoms. The number of benzene rings is 2. The molecule has 2 fully saturated rings. The summed E-state index contributed by atoms with van der Waals surface area (Å²) >= 11 is 6.00. The van der Waals surface area contributed by atoms with Crippen LogP contribution in [0.1, 0.15) is 29.0 Å². The van der Waals surface area contributed by atoms with Gasteiger partial charge in [0.1, 0.15) is 17.5 Å². The molecule has 3 aromatic rings. The molecular formula is C24H24ClN5O4. The van der Waals surface area contributed by atoms with E-state index in [1.54, 1.807) is 24.3 Å². The molecule has 1 unspecified atom stereocenters. The Hall–Kier alpha value is -3.27. The van der Waals surface area contributed by atoms with Crippen molar-refractivity contribution in [1.29, 1.82) is 0 Å². The van der Waals surface area contributed by atoms with Crippen LogP contribution in [0.25, 0.3) is 11.0 Å². The van der Waals surface area contributed by atoms with Crippen LogP contribution in [0.15, 0.2) is 41.4 Å². The maximum atomic E-state index is 12.7. The summed E-state index contributed by atoms with van der Waals surface area (Å²) in [5.74, 6) is -1.71. The van der Waals surface area contributed by atoms with Gasteiger partial charge in [-0.3, -0.25) is 19.9 Å². The molecule has 9 nitrogen and oxygen atoms in total. The molecule has 5 rings (SSSR count). The quantitative estimate of drug-likeness (QED) is 0.481. The Morgan fingerprint density at radius 2 is 2.06 bits per heavy atom. The van der Waals surface area contributed by atoms with Crippen molar-refractivity contribution < 1.29 is 19.4 Å². The summed E-state index contributed by atoms with van der Waals surface area (Å²) in [4.78, 5) is 39.6. The molecule has 2 aromatic carbocycles. The van der Waals surface area contributed by atoms with Gasteiger partial charge in [0.25, 0.3) is 5.91 Å². The molecule has 0 radical (unpaired) electrons. The van der Waals surface area contributed by atoms with Gasteiger partial charge >= 0.3 is 0 Å². The number of aromatic amines is 1. The van der Waals surface area contributed by atoms with E-state index in [2.05, 4.69) is 31.2 Å². The number of aryl methyl sites for hydroxylation is 1. The zero-order valence-electron chi connectivity index (χ0n) is 18.5. The van der Waals surface area contributed by atoms with E-state index in [4.69, 9.17) is 16.3 Å². The molecule has 3 heterocycles. The molecule has 3 N–H and O–H groups in total. The van der Waals surface area contributed by atoms with Crippen molar-refractivity contribution >= 4 is 45.8 Å². The average Bonchev–Trinajstić information content (AvgIpc) is 3.37. The highest BCUT2D eigenvalue weighted by Crippen LogP contribution is 2.29. The van der Waals surface area contributed by atoms with Gasteiger partial charge in [-0.15, -0.1) is 0 Å². The van der Waals surface area contributed by atoms with E-state index < -0.39 is 23.8 Å². The predicted molar refractivity (Wildman–Crippen MR) is 128 cm³/mol. The van der Waals surface area contributed by atoms with E-state index in [9.17, 15) is 14.7 Å². The van der Waals surface area contributed by atoms with Gasteiger partial charge in [0.15, 0.2) is 0 Å². The standard InChI is InChI=1S/C24H24ClN5O4/c1-13-9-16(30-5-7-34-8-6-30)11-17-20(13)28-22(27-17)19-21(24(33)29-23(19)32)26-12-18(31)14-3-2-4-15(25)10-14/h2-4,9-11,18-19,31H,5-8,12H2,1H3,(H,27,28)(H,29,32,33)/t18-,19?/m1/s1. The third-order valence-corrected chi connectivity index (χ3v) is 6.34. The average molecular weight is 482 g/mol. The first-order chi connectivity index (χ1) is 16.4. The van der Waals surface area contributed by atoms with Crippen LogP contribution in [0.5, 0.6) is 0 Å². The molecule has 2 atom stereocenters. The van der Waals surface area contributed by atoms with Crippen molar-refractivity contribution in [1.82, 2.24) is 15.3 Å². The number of hydrogen-bond donors (Lipinski definition) is 3. The number of hydrogen-bond acceptors (Lipinski definition) is 7. The monoisotopic (exact) mass is 481 g/mol. The maximum absolute atomic E-state index is 12.7. The molecule has 2 aliphatic heterocycles. The normalized spacial score (nSPS) is 20.9. The highest BCUT2D eigenvalue weighted by molar-refractivity contribution is 6.52. The highest BCUT2D eigenvalue weighted by Gasteiger charge is 2.41. The lowest BCUT2D eigenvalue weighted by atomic mass is 10.0. The third kappa shape index (κ3) is 4.29. The first-order valence-electron chi connectivity index (χ1n) is 11.1. The number of imidazole rings is 1. The minimum Gasteiger partial charge on any atom is -0.386 e.